The van der Waals surface area contributed by atoms with Crippen molar-refractivity contribution >= 4 is 25.2 Å². The van der Waals surface area contributed by atoms with Crippen molar-refractivity contribution in [3.05, 3.63) is 54.1 Å². The Morgan fingerprint density at radius 1 is 0.909 bits per heavy atom. The number of aliphatic imine (C=N–C) groups is 1. The van der Waals surface area contributed by atoms with Gasteiger partial charge in [0.25, 0.3) is 0 Å². The Kier molecular flexibility index (Phi) is 5.55. The van der Waals surface area contributed by atoms with Crippen molar-refractivity contribution < 1.29 is 5.11 Å². The lowest BCUT2D eigenvalue weighted by Crippen LogP contribution is -2.46. The minimum absolute atomic E-state index is 0.430. The average Bonchev–Trinajstić information content (AvgIpc) is 2.58. The van der Waals surface area contributed by atoms with E-state index in [1.54, 1.807) is 6.21 Å². The molecule has 0 saturated heterocycles. The molecule has 0 fully saturated rings. The standard InChI is InChI=1S/C19H25NOSi/c1-4-22(5-2,6-3)18-14-10-11-16(19(18)21)15-20-17-12-8-7-9-13-17/h7-15,21H,4-6H2,1-3H3/b20-15+. The third-order valence-corrected chi connectivity index (χ3v) is 10.4. The van der Waals surface area contributed by atoms with Crippen molar-refractivity contribution in [1.29, 1.82) is 0 Å². The summed E-state index contributed by atoms with van der Waals surface area (Å²) >= 11 is 0. The fourth-order valence-corrected chi connectivity index (χ4v) is 6.81. The molecule has 0 spiro atoms. The number of phenolic OH excluding ortho intramolecular Hbond substituents is 1. The highest BCUT2D eigenvalue weighted by Crippen LogP contribution is 2.26. The lowest BCUT2D eigenvalue weighted by atomic mass is 10.2. The van der Waals surface area contributed by atoms with Gasteiger partial charge >= 0.3 is 0 Å². The van der Waals surface area contributed by atoms with Crippen molar-refractivity contribution in [3.63, 3.8) is 0 Å². The molecular weight excluding hydrogens is 286 g/mol. The molecule has 0 aliphatic carbocycles. The largest absolute Gasteiger partial charge is 0.507 e. The Hall–Kier alpha value is -1.87. The number of phenols is 1. The maximum Gasteiger partial charge on any atom is 0.123 e. The van der Waals surface area contributed by atoms with E-state index in [4.69, 9.17) is 0 Å². The highest BCUT2D eigenvalue weighted by atomic mass is 28.3. The molecule has 0 bridgehead atoms. The number of hydrogen-bond donors (Lipinski definition) is 1. The summed E-state index contributed by atoms with van der Waals surface area (Å²) in [5, 5.41) is 11.9. The fraction of sp³-hybridized carbons (Fsp3) is 0.316. The van der Waals surface area contributed by atoms with Gasteiger partial charge in [0.2, 0.25) is 0 Å². The first-order valence-corrected chi connectivity index (χ1v) is 10.7. The highest BCUT2D eigenvalue weighted by Gasteiger charge is 2.32. The van der Waals surface area contributed by atoms with Crippen molar-refractivity contribution in [3.8, 4) is 5.75 Å². The zero-order valence-corrected chi connectivity index (χ0v) is 14.7. The summed E-state index contributed by atoms with van der Waals surface area (Å²) in [6, 6.07) is 19.4. The van der Waals surface area contributed by atoms with Crippen LogP contribution in [0.5, 0.6) is 5.75 Å². The normalized spacial score (nSPS) is 12.0. The third kappa shape index (κ3) is 3.30. The first-order valence-electron chi connectivity index (χ1n) is 8.08. The molecule has 2 nitrogen and oxygen atoms in total. The Labute approximate surface area is 134 Å². The maximum atomic E-state index is 10.7. The van der Waals surface area contributed by atoms with E-state index in [0.29, 0.717) is 5.75 Å². The average molecular weight is 312 g/mol. The summed E-state index contributed by atoms with van der Waals surface area (Å²) in [6.45, 7) is 6.76. The predicted octanol–water partition coefficient (Wildman–Crippen LogP) is 4.86. The van der Waals surface area contributed by atoms with Gasteiger partial charge in [-0.3, -0.25) is 4.99 Å². The van der Waals surface area contributed by atoms with E-state index in [2.05, 4.69) is 31.8 Å². The molecule has 3 heteroatoms. The van der Waals surface area contributed by atoms with E-state index in [0.717, 1.165) is 29.4 Å². The molecule has 0 unspecified atom stereocenters. The smallest absolute Gasteiger partial charge is 0.123 e. The number of aromatic hydroxyl groups is 1. The van der Waals surface area contributed by atoms with Crippen LogP contribution in [0.1, 0.15) is 26.3 Å². The number of nitrogens with zero attached hydrogens (tertiary/aromatic N) is 1. The van der Waals surface area contributed by atoms with Crippen molar-refractivity contribution in [1.82, 2.24) is 0 Å². The Morgan fingerprint density at radius 3 is 2.14 bits per heavy atom. The molecular formula is C19H25NOSi. The monoisotopic (exact) mass is 311 g/mol. The second kappa shape index (κ2) is 7.41. The highest BCUT2D eigenvalue weighted by molar-refractivity contribution is 6.92. The van der Waals surface area contributed by atoms with Crippen molar-refractivity contribution in [2.24, 2.45) is 4.99 Å². The van der Waals surface area contributed by atoms with E-state index in [1.807, 2.05) is 42.5 Å². The van der Waals surface area contributed by atoms with Crippen LogP contribution in [0.15, 0.2) is 53.5 Å². The number of benzene rings is 2. The van der Waals surface area contributed by atoms with Crippen LogP contribution in [0, 0.1) is 0 Å². The Balaban J connectivity index is 2.40. The summed E-state index contributed by atoms with van der Waals surface area (Å²) in [5.74, 6) is 0.430. The van der Waals surface area contributed by atoms with Gasteiger partial charge in [-0.1, -0.05) is 69.2 Å². The molecule has 0 radical (unpaired) electrons. The fourth-order valence-electron chi connectivity index (χ4n) is 3.07. The van der Waals surface area contributed by atoms with Crippen LogP contribution in [0.25, 0.3) is 0 Å². The van der Waals surface area contributed by atoms with Gasteiger partial charge in [-0.25, -0.2) is 0 Å². The van der Waals surface area contributed by atoms with Crippen molar-refractivity contribution in [2.45, 2.75) is 38.9 Å². The first-order chi connectivity index (χ1) is 10.7. The lowest BCUT2D eigenvalue weighted by molar-refractivity contribution is 0.478. The quantitative estimate of drug-likeness (QED) is 0.600. The van der Waals surface area contributed by atoms with Gasteiger partial charge in [0, 0.05) is 11.8 Å². The van der Waals surface area contributed by atoms with E-state index < -0.39 is 8.07 Å². The lowest BCUT2D eigenvalue weighted by Gasteiger charge is -2.29. The molecule has 0 aliphatic rings. The SMILES string of the molecule is CC[Si](CC)(CC)c1cccc(/C=N/c2ccccc2)c1O. The Bertz CT molecular complexity index is 625. The molecule has 0 aromatic heterocycles. The van der Waals surface area contributed by atoms with Gasteiger partial charge in [0.05, 0.1) is 13.8 Å². The summed E-state index contributed by atoms with van der Waals surface area (Å²) in [7, 11) is -1.59. The van der Waals surface area contributed by atoms with Crippen molar-refractivity contribution in [2.75, 3.05) is 0 Å². The van der Waals surface area contributed by atoms with Gasteiger partial charge < -0.3 is 5.11 Å². The van der Waals surface area contributed by atoms with Crippen LogP contribution in [-0.2, 0) is 0 Å². The van der Waals surface area contributed by atoms with Crippen LogP contribution in [0.2, 0.25) is 18.1 Å². The van der Waals surface area contributed by atoms with Crippen LogP contribution < -0.4 is 5.19 Å². The topological polar surface area (TPSA) is 32.6 Å². The summed E-state index contributed by atoms with van der Waals surface area (Å²) in [5.41, 5.74) is 1.71. The molecule has 1 N–H and O–H groups in total. The van der Waals surface area contributed by atoms with Crippen LogP contribution >= 0.6 is 0 Å². The zero-order valence-electron chi connectivity index (χ0n) is 13.7. The second-order valence-electron chi connectivity index (χ2n) is 5.68. The molecule has 0 saturated carbocycles. The maximum absolute atomic E-state index is 10.7. The number of hydrogen-bond acceptors (Lipinski definition) is 2. The molecule has 0 amide bonds. The molecule has 2 aromatic rings. The second-order valence-corrected chi connectivity index (χ2v) is 10.9. The summed E-state index contributed by atoms with van der Waals surface area (Å²) in [4.78, 5) is 4.47. The molecule has 2 rings (SSSR count). The van der Waals surface area contributed by atoms with E-state index in [1.165, 1.54) is 5.19 Å². The van der Waals surface area contributed by atoms with Gasteiger partial charge in [0.1, 0.15) is 5.75 Å². The van der Waals surface area contributed by atoms with Gasteiger partial charge in [-0.2, -0.15) is 0 Å². The van der Waals surface area contributed by atoms with Gasteiger partial charge in [-0.05, 0) is 23.4 Å². The molecule has 0 heterocycles. The van der Waals surface area contributed by atoms with Crippen LogP contribution in [0.4, 0.5) is 5.69 Å². The number of rotatable bonds is 6. The molecule has 2 aromatic carbocycles. The molecule has 0 atom stereocenters. The zero-order chi connectivity index (χ0) is 16.0. The molecule has 0 aliphatic heterocycles. The minimum Gasteiger partial charge on any atom is -0.507 e. The minimum atomic E-state index is -1.59. The predicted molar refractivity (Wildman–Crippen MR) is 98.6 cm³/mol. The van der Waals surface area contributed by atoms with E-state index in [-0.39, 0.29) is 0 Å². The summed E-state index contributed by atoms with van der Waals surface area (Å²) in [6.07, 6.45) is 1.77. The van der Waals surface area contributed by atoms with Gasteiger partial charge in [-0.15, -0.1) is 0 Å². The third-order valence-electron chi connectivity index (χ3n) is 4.78. The van der Waals surface area contributed by atoms with Crippen LogP contribution in [0.3, 0.4) is 0 Å². The Morgan fingerprint density at radius 2 is 1.55 bits per heavy atom. The molecule has 116 valence electrons. The number of para-hydroxylation sites is 2. The van der Waals surface area contributed by atoms with Crippen LogP contribution in [-0.4, -0.2) is 19.4 Å². The van der Waals surface area contributed by atoms with E-state index >= 15 is 0 Å². The van der Waals surface area contributed by atoms with Gasteiger partial charge in [0.15, 0.2) is 0 Å². The first kappa shape index (κ1) is 16.5. The van der Waals surface area contributed by atoms with E-state index in [9.17, 15) is 5.11 Å². The molecule has 22 heavy (non-hydrogen) atoms. The summed E-state index contributed by atoms with van der Waals surface area (Å²) < 4.78 is 0.